The van der Waals surface area contributed by atoms with Gasteiger partial charge in [-0.2, -0.15) is 5.26 Å². The molecule has 1 unspecified atom stereocenters. The second-order valence-corrected chi connectivity index (χ2v) is 5.21. The van der Waals surface area contributed by atoms with E-state index < -0.39 is 4.92 Å². The Labute approximate surface area is 115 Å². The van der Waals surface area contributed by atoms with E-state index in [1.807, 2.05) is 6.92 Å². The van der Waals surface area contributed by atoms with Gasteiger partial charge in [-0.15, -0.1) is 11.3 Å². The number of nitro groups is 1. The standard InChI is InChI=1S/C12H15N3O3S/c1-4-14(7-8(2)6-13)12-10(15(17)18)5-11(19-12)9(3)16/h5,8H,4,7H2,1-3H3. The Kier molecular flexibility index (Phi) is 5.01. The molecule has 0 aliphatic rings. The molecule has 0 spiro atoms. The molecule has 0 aliphatic heterocycles. The van der Waals surface area contributed by atoms with Crippen molar-refractivity contribution in [1.29, 1.82) is 5.26 Å². The van der Waals surface area contributed by atoms with Crippen molar-refractivity contribution in [2.75, 3.05) is 18.0 Å². The van der Waals surface area contributed by atoms with E-state index in [-0.39, 0.29) is 17.4 Å². The van der Waals surface area contributed by atoms with E-state index in [4.69, 9.17) is 5.26 Å². The van der Waals surface area contributed by atoms with Crippen LogP contribution >= 0.6 is 11.3 Å². The Morgan fingerprint density at radius 1 is 1.68 bits per heavy atom. The van der Waals surface area contributed by atoms with E-state index in [1.54, 1.807) is 11.8 Å². The smallest absolute Gasteiger partial charge is 0.304 e. The molecule has 1 aromatic heterocycles. The van der Waals surface area contributed by atoms with Crippen molar-refractivity contribution in [2.45, 2.75) is 20.8 Å². The first-order chi connectivity index (χ1) is 8.90. The Morgan fingerprint density at radius 3 is 2.74 bits per heavy atom. The zero-order valence-electron chi connectivity index (χ0n) is 11.0. The predicted octanol–water partition coefficient (Wildman–Crippen LogP) is 2.84. The summed E-state index contributed by atoms with van der Waals surface area (Å²) in [6.07, 6.45) is 0. The van der Waals surface area contributed by atoms with Crippen LogP contribution in [0.1, 0.15) is 30.4 Å². The first kappa shape index (κ1) is 15.1. The maximum atomic E-state index is 11.3. The number of nitriles is 1. The van der Waals surface area contributed by atoms with Crippen LogP contribution in [0.4, 0.5) is 10.7 Å². The minimum Gasteiger partial charge on any atom is -0.357 e. The molecule has 0 radical (unpaired) electrons. The van der Waals surface area contributed by atoms with Gasteiger partial charge in [0.05, 0.1) is 21.8 Å². The minimum atomic E-state index is -0.488. The second-order valence-electron chi connectivity index (χ2n) is 4.18. The molecule has 0 saturated heterocycles. The lowest BCUT2D eigenvalue weighted by atomic mass is 10.2. The van der Waals surface area contributed by atoms with Crippen LogP contribution in [0.15, 0.2) is 6.07 Å². The lowest BCUT2D eigenvalue weighted by Crippen LogP contribution is -2.27. The highest BCUT2D eigenvalue weighted by Crippen LogP contribution is 2.38. The summed E-state index contributed by atoms with van der Waals surface area (Å²) in [6, 6.07) is 3.41. The average molecular weight is 281 g/mol. The molecule has 7 heteroatoms. The number of rotatable bonds is 6. The van der Waals surface area contributed by atoms with Gasteiger partial charge in [-0.3, -0.25) is 14.9 Å². The summed E-state index contributed by atoms with van der Waals surface area (Å²) in [5.74, 6) is -0.425. The quantitative estimate of drug-likeness (QED) is 0.454. The van der Waals surface area contributed by atoms with Crippen LogP contribution in [-0.2, 0) is 0 Å². The number of thiophene rings is 1. The topological polar surface area (TPSA) is 87.2 Å². The van der Waals surface area contributed by atoms with Crippen LogP contribution < -0.4 is 4.90 Å². The van der Waals surface area contributed by atoms with Crippen LogP contribution in [0.2, 0.25) is 0 Å². The normalized spacial score (nSPS) is 11.7. The maximum Gasteiger partial charge on any atom is 0.304 e. The van der Waals surface area contributed by atoms with Crippen LogP contribution in [0.5, 0.6) is 0 Å². The van der Waals surface area contributed by atoms with Crippen LogP contribution in [0.3, 0.4) is 0 Å². The highest BCUT2D eigenvalue weighted by atomic mass is 32.1. The van der Waals surface area contributed by atoms with Gasteiger partial charge in [0, 0.05) is 19.2 Å². The van der Waals surface area contributed by atoms with Crippen molar-refractivity contribution in [3.63, 3.8) is 0 Å². The SMILES string of the molecule is CCN(CC(C)C#N)c1sc(C(C)=O)cc1[N+](=O)[O-]. The molecule has 1 atom stereocenters. The molecule has 0 saturated carbocycles. The van der Waals surface area contributed by atoms with Gasteiger partial charge in [0.25, 0.3) is 0 Å². The summed E-state index contributed by atoms with van der Waals surface area (Å²) in [4.78, 5) is 24.0. The number of carbonyl (C=O) groups excluding carboxylic acids is 1. The fourth-order valence-electron chi connectivity index (χ4n) is 1.63. The number of ketones is 1. The summed E-state index contributed by atoms with van der Waals surface area (Å²) in [6.45, 7) is 5.96. The zero-order valence-corrected chi connectivity index (χ0v) is 11.9. The summed E-state index contributed by atoms with van der Waals surface area (Å²) in [5.41, 5.74) is -0.0674. The molecule has 1 heterocycles. The molecule has 1 rings (SSSR count). The number of nitrogens with zero attached hydrogens (tertiary/aromatic N) is 3. The van der Waals surface area contributed by atoms with E-state index in [2.05, 4.69) is 6.07 Å². The molecule has 0 amide bonds. The first-order valence-corrected chi connectivity index (χ1v) is 6.66. The van der Waals surface area contributed by atoms with Gasteiger partial charge in [-0.1, -0.05) is 0 Å². The zero-order chi connectivity index (χ0) is 14.6. The summed E-state index contributed by atoms with van der Waals surface area (Å²) < 4.78 is 0. The van der Waals surface area contributed by atoms with Gasteiger partial charge < -0.3 is 4.90 Å². The Hall–Kier alpha value is -1.94. The van der Waals surface area contributed by atoms with E-state index >= 15 is 0 Å². The summed E-state index contributed by atoms with van der Waals surface area (Å²) in [7, 11) is 0. The third-order valence-electron chi connectivity index (χ3n) is 2.62. The van der Waals surface area contributed by atoms with Gasteiger partial charge in [0.1, 0.15) is 0 Å². The summed E-state index contributed by atoms with van der Waals surface area (Å²) in [5, 5.41) is 20.3. The molecular weight excluding hydrogens is 266 g/mol. The molecule has 102 valence electrons. The highest BCUT2D eigenvalue weighted by Gasteiger charge is 2.25. The van der Waals surface area contributed by atoms with Gasteiger partial charge in [0.15, 0.2) is 10.8 Å². The second kappa shape index (κ2) is 6.29. The van der Waals surface area contributed by atoms with Crippen molar-refractivity contribution < 1.29 is 9.72 Å². The third kappa shape index (κ3) is 3.51. The lowest BCUT2D eigenvalue weighted by Gasteiger charge is -2.21. The minimum absolute atomic E-state index is 0.0674. The van der Waals surface area contributed by atoms with E-state index in [0.29, 0.717) is 23.0 Å². The molecular formula is C12H15N3O3S. The van der Waals surface area contributed by atoms with Crippen LogP contribution in [-0.4, -0.2) is 23.8 Å². The number of hydrogen-bond donors (Lipinski definition) is 0. The maximum absolute atomic E-state index is 11.3. The molecule has 0 bridgehead atoms. The van der Waals surface area contributed by atoms with Crippen molar-refractivity contribution in [2.24, 2.45) is 5.92 Å². The third-order valence-corrected chi connectivity index (χ3v) is 3.91. The van der Waals surface area contributed by atoms with Crippen LogP contribution in [0, 0.1) is 27.4 Å². The Bertz CT molecular complexity index is 533. The van der Waals surface area contributed by atoms with Gasteiger partial charge >= 0.3 is 5.69 Å². The van der Waals surface area contributed by atoms with Crippen molar-refractivity contribution in [3.8, 4) is 6.07 Å². The van der Waals surface area contributed by atoms with Crippen molar-refractivity contribution in [1.82, 2.24) is 0 Å². The average Bonchev–Trinajstić information content (AvgIpc) is 2.80. The van der Waals surface area contributed by atoms with Gasteiger partial charge in [-0.05, 0) is 20.8 Å². The number of hydrogen-bond acceptors (Lipinski definition) is 6. The van der Waals surface area contributed by atoms with Crippen molar-refractivity contribution >= 4 is 27.8 Å². The molecule has 1 aromatic rings. The predicted molar refractivity (Wildman–Crippen MR) is 73.6 cm³/mol. The van der Waals surface area contributed by atoms with Crippen molar-refractivity contribution in [3.05, 3.63) is 21.1 Å². The number of carbonyl (C=O) groups is 1. The largest absolute Gasteiger partial charge is 0.357 e. The van der Waals surface area contributed by atoms with E-state index in [0.717, 1.165) is 11.3 Å². The number of anilines is 1. The lowest BCUT2D eigenvalue weighted by molar-refractivity contribution is -0.383. The fraction of sp³-hybridized carbons (Fsp3) is 0.500. The van der Waals surface area contributed by atoms with Gasteiger partial charge in [-0.25, -0.2) is 0 Å². The monoisotopic (exact) mass is 281 g/mol. The molecule has 0 aromatic carbocycles. The molecule has 0 N–H and O–H groups in total. The fourth-order valence-corrected chi connectivity index (χ4v) is 2.72. The Morgan fingerprint density at radius 2 is 2.32 bits per heavy atom. The molecule has 0 fully saturated rings. The van der Waals surface area contributed by atoms with Crippen LogP contribution in [0.25, 0.3) is 0 Å². The highest BCUT2D eigenvalue weighted by molar-refractivity contribution is 7.18. The molecule has 19 heavy (non-hydrogen) atoms. The Balaban J connectivity index is 3.18. The summed E-state index contributed by atoms with van der Waals surface area (Å²) >= 11 is 1.11. The number of Topliss-reactive ketones (excluding diaryl/α,β-unsaturated/α-hetero) is 1. The molecule has 6 nitrogen and oxygen atoms in total. The first-order valence-electron chi connectivity index (χ1n) is 5.84. The van der Waals surface area contributed by atoms with Gasteiger partial charge in [0.2, 0.25) is 0 Å². The molecule has 0 aliphatic carbocycles. The van der Waals surface area contributed by atoms with E-state index in [9.17, 15) is 14.9 Å². The van der Waals surface area contributed by atoms with E-state index in [1.165, 1.54) is 13.0 Å².